The Hall–Kier alpha value is -1.24. The van der Waals surface area contributed by atoms with E-state index < -0.39 is 0 Å². The molecule has 0 aliphatic carbocycles. The zero-order chi connectivity index (χ0) is 13.0. The number of nitrogens with zero attached hydrogens (tertiary/aromatic N) is 2. The molecule has 4 heteroatoms. The molecular formula is C14H18ClN3. The first-order valence-electron chi connectivity index (χ1n) is 6.43. The third-order valence-corrected chi connectivity index (χ3v) is 3.74. The van der Waals surface area contributed by atoms with Gasteiger partial charge in [0.1, 0.15) is 6.07 Å². The quantitative estimate of drug-likeness (QED) is 0.908. The summed E-state index contributed by atoms with van der Waals surface area (Å²) < 4.78 is 0. The minimum Gasteiger partial charge on any atom is -0.369 e. The minimum absolute atomic E-state index is 0.524. The lowest BCUT2D eigenvalue weighted by Gasteiger charge is -2.27. The van der Waals surface area contributed by atoms with Gasteiger partial charge in [-0.25, -0.2) is 0 Å². The zero-order valence-electron chi connectivity index (χ0n) is 10.6. The smallest absolute Gasteiger partial charge is 0.103 e. The highest BCUT2D eigenvalue weighted by atomic mass is 35.5. The molecule has 2 rings (SSSR count). The van der Waals surface area contributed by atoms with Crippen molar-refractivity contribution in [1.29, 1.82) is 5.26 Å². The first kappa shape index (κ1) is 13.2. The molecule has 1 aromatic carbocycles. The number of halogens is 1. The van der Waals surface area contributed by atoms with Crippen molar-refractivity contribution in [1.82, 2.24) is 5.32 Å². The van der Waals surface area contributed by atoms with Gasteiger partial charge in [0.05, 0.1) is 16.3 Å². The molecule has 0 radical (unpaired) electrons. The van der Waals surface area contributed by atoms with Crippen LogP contribution < -0.4 is 10.2 Å². The summed E-state index contributed by atoms with van der Waals surface area (Å²) in [5.41, 5.74) is 1.53. The highest BCUT2D eigenvalue weighted by Crippen LogP contribution is 2.27. The molecule has 18 heavy (non-hydrogen) atoms. The second-order valence-corrected chi connectivity index (χ2v) is 4.98. The van der Waals surface area contributed by atoms with Crippen LogP contribution in [0.1, 0.15) is 25.3 Å². The van der Waals surface area contributed by atoms with Crippen molar-refractivity contribution >= 4 is 17.3 Å². The third kappa shape index (κ3) is 2.77. The average Bonchev–Trinajstić information content (AvgIpc) is 2.88. The van der Waals surface area contributed by atoms with Gasteiger partial charge < -0.3 is 10.2 Å². The number of anilines is 1. The van der Waals surface area contributed by atoms with E-state index >= 15 is 0 Å². The van der Waals surface area contributed by atoms with Crippen LogP contribution in [0.4, 0.5) is 5.69 Å². The summed E-state index contributed by atoms with van der Waals surface area (Å²) in [5, 5.41) is 13.2. The Morgan fingerprint density at radius 1 is 1.56 bits per heavy atom. The van der Waals surface area contributed by atoms with Gasteiger partial charge in [0.2, 0.25) is 0 Å². The molecule has 1 atom stereocenters. The van der Waals surface area contributed by atoms with E-state index in [-0.39, 0.29) is 0 Å². The van der Waals surface area contributed by atoms with E-state index in [4.69, 9.17) is 11.6 Å². The van der Waals surface area contributed by atoms with E-state index in [2.05, 4.69) is 23.2 Å². The molecule has 0 spiro atoms. The number of rotatable bonds is 4. The molecule has 1 N–H and O–H groups in total. The molecule has 1 aromatic rings. The summed E-state index contributed by atoms with van der Waals surface area (Å²) in [4.78, 5) is 2.23. The molecule has 1 heterocycles. The number of hydrogen-bond acceptors (Lipinski definition) is 3. The van der Waals surface area contributed by atoms with E-state index in [1.54, 1.807) is 6.07 Å². The number of nitrogens with one attached hydrogen (secondary N) is 1. The fourth-order valence-corrected chi connectivity index (χ4v) is 2.68. The second kappa shape index (κ2) is 6.08. The fourth-order valence-electron chi connectivity index (χ4n) is 2.46. The van der Waals surface area contributed by atoms with Crippen molar-refractivity contribution in [3.63, 3.8) is 0 Å². The molecule has 0 bridgehead atoms. The number of hydrogen-bond donors (Lipinski definition) is 1. The van der Waals surface area contributed by atoms with Crippen LogP contribution in [0.15, 0.2) is 18.2 Å². The van der Waals surface area contributed by atoms with E-state index in [9.17, 15) is 5.26 Å². The van der Waals surface area contributed by atoms with Gasteiger partial charge in [-0.15, -0.1) is 0 Å². The van der Waals surface area contributed by atoms with Gasteiger partial charge in [-0.1, -0.05) is 17.7 Å². The SMILES string of the molecule is CCN(CC1CCCN1)c1cccc(Cl)c1C#N. The number of likely N-dealkylation sites (N-methyl/N-ethyl adjacent to an activating group) is 1. The number of benzene rings is 1. The van der Waals surface area contributed by atoms with Crippen molar-refractivity contribution in [2.45, 2.75) is 25.8 Å². The standard InChI is InChI=1S/C14H18ClN3/c1-2-18(10-11-5-4-8-17-11)14-7-3-6-13(15)12(14)9-16/h3,6-7,11,17H,2,4-5,8,10H2,1H3. The fraction of sp³-hybridized carbons (Fsp3) is 0.500. The Balaban J connectivity index is 2.21. The van der Waals surface area contributed by atoms with E-state index in [1.165, 1.54) is 12.8 Å². The Morgan fingerprint density at radius 3 is 3.00 bits per heavy atom. The van der Waals surface area contributed by atoms with E-state index in [0.717, 1.165) is 25.3 Å². The predicted octanol–water partition coefficient (Wildman–Crippen LogP) is 2.79. The lowest BCUT2D eigenvalue weighted by atomic mass is 10.1. The minimum atomic E-state index is 0.524. The van der Waals surface area contributed by atoms with Crippen molar-refractivity contribution in [3.8, 4) is 6.07 Å². The van der Waals surface area contributed by atoms with Gasteiger partial charge in [0, 0.05) is 19.1 Å². The summed E-state index contributed by atoms with van der Waals surface area (Å²) in [6.07, 6.45) is 2.45. The summed E-state index contributed by atoms with van der Waals surface area (Å²) in [7, 11) is 0. The zero-order valence-corrected chi connectivity index (χ0v) is 11.4. The van der Waals surface area contributed by atoms with Gasteiger partial charge >= 0.3 is 0 Å². The Labute approximate surface area is 113 Å². The first-order chi connectivity index (χ1) is 8.76. The highest BCUT2D eigenvalue weighted by molar-refractivity contribution is 6.32. The van der Waals surface area contributed by atoms with Gasteiger partial charge in [-0.2, -0.15) is 5.26 Å². The van der Waals surface area contributed by atoms with Crippen molar-refractivity contribution in [3.05, 3.63) is 28.8 Å². The van der Waals surface area contributed by atoms with Crippen LogP contribution in [0.5, 0.6) is 0 Å². The highest BCUT2D eigenvalue weighted by Gasteiger charge is 2.19. The van der Waals surface area contributed by atoms with Gasteiger partial charge in [0.25, 0.3) is 0 Å². The summed E-state index contributed by atoms with van der Waals surface area (Å²) in [6, 6.07) is 8.38. The van der Waals surface area contributed by atoms with Crippen LogP contribution in [0, 0.1) is 11.3 Å². The molecule has 1 fully saturated rings. The largest absolute Gasteiger partial charge is 0.369 e. The summed E-state index contributed by atoms with van der Waals surface area (Å²) in [5.74, 6) is 0. The molecule has 1 unspecified atom stereocenters. The normalized spacial score (nSPS) is 18.6. The molecule has 96 valence electrons. The Bertz CT molecular complexity index is 447. The van der Waals surface area contributed by atoms with Crippen LogP contribution in [-0.2, 0) is 0 Å². The topological polar surface area (TPSA) is 39.1 Å². The van der Waals surface area contributed by atoms with Crippen LogP contribution in [0.25, 0.3) is 0 Å². The van der Waals surface area contributed by atoms with E-state index in [1.807, 2.05) is 12.1 Å². The van der Waals surface area contributed by atoms with Crippen LogP contribution in [-0.4, -0.2) is 25.7 Å². The van der Waals surface area contributed by atoms with E-state index in [0.29, 0.717) is 16.6 Å². The molecular weight excluding hydrogens is 246 g/mol. The van der Waals surface area contributed by atoms with Crippen LogP contribution in [0.3, 0.4) is 0 Å². The van der Waals surface area contributed by atoms with Crippen molar-refractivity contribution in [2.75, 3.05) is 24.5 Å². The Morgan fingerprint density at radius 2 is 2.39 bits per heavy atom. The molecule has 1 saturated heterocycles. The molecule has 3 nitrogen and oxygen atoms in total. The van der Waals surface area contributed by atoms with Gasteiger partial charge in [0.15, 0.2) is 0 Å². The number of nitriles is 1. The van der Waals surface area contributed by atoms with Crippen LogP contribution in [0.2, 0.25) is 5.02 Å². The summed E-state index contributed by atoms with van der Waals surface area (Å²) >= 11 is 6.08. The van der Waals surface area contributed by atoms with Crippen LogP contribution >= 0.6 is 11.6 Å². The molecule has 0 amide bonds. The van der Waals surface area contributed by atoms with Crippen molar-refractivity contribution in [2.24, 2.45) is 0 Å². The lowest BCUT2D eigenvalue weighted by molar-refractivity contribution is 0.586. The predicted molar refractivity (Wildman–Crippen MR) is 75.1 cm³/mol. The lowest BCUT2D eigenvalue weighted by Crippen LogP contribution is -2.37. The van der Waals surface area contributed by atoms with Gasteiger partial charge in [-0.05, 0) is 38.4 Å². The maximum Gasteiger partial charge on any atom is 0.103 e. The average molecular weight is 264 g/mol. The van der Waals surface area contributed by atoms with Gasteiger partial charge in [-0.3, -0.25) is 0 Å². The molecule has 0 saturated carbocycles. The maximum atomic E-state index is 9.23. The maximum absolute atomic E-state index is 9.23. The molecule has 1 aliphatic heterocycles. The molecule has 0 aromatic heterocycles. The monoisotopic (exact) mass is 263 g/mol. The molecule has 1 aliphatic rings. The second-order valence-electron chi connectivity index (χ2n) is 4.58. The van der Waals surface area contributed by atoms with Crippen molar-refractivity contribution < 1.29 is 0 Å². The summed E-state index contributed by atoms with van der Waals surface area (Å²) in [6.45, 7) is 5.03. The third-order valence-electron chi connectivity index (χ3n) is 3.43. The Kier molecular flexibility index (Phi) is 4.46. The first-order valence-corrected chi connectivity index (χ1v) is 6.81.